The fraction of sp³-hybridized carbons (Fsp3) is 0.250. The first kappa shape index (κ1) is 10.3. The summed E-state index contributed by atoms with van der Waals surface area (Å²) in [7, 11) is 1.98. The van der Waals surface area contributed by atoms with Gasteiger partial charge in [-0.05, 0) is 19.5 Å². The van der Waals surface area contributed by atoms with Crippen LogP contribution in [-0.2, 0) is 0 Å². The highest BCUT2D eigenvalue weighted by molar-refractivity contribution is 7.09. The zero-order valence-electron chi connectivity index (χ0n) is 8.90. The molecule has 0 aliphatic rings. The summed E-state index contributed by atoms with van der Waals surface area (Å²) in [6.45, 7) is 2.10. The third-order valence-corrected chi connectivity index (χ3v) is 3.28. The smallest absolute Gasteiger partial charge is 0.0794 e. The quantitative estimate of drug-likeness (QED) is 0.857. The minimum atomic E-state index is 0.262. The lowest BCUT2D eigenvalue weighted by Crippen LogP contribution is -2.16. The van der Waals surface area contributed by atoms with Crippen LogP contribution >= 0.6 is 11.3 Å². The lowest BCUT2D eigenvalue weighted by Gasteiger charge is -2.14. The fourth-order valence-corrected chi connectivity index (χ4v) is 2.36. The van der Waals surface area contributed by atoms with Crippen molar-refractivity contribution in [2.24, 2.45) is 0 Å². The second kappa shape index (κ2) is 4.55. The van der Waals surface area contributed by atoms with Gasteiger partial charge in [-0.1, -0.05) is 29.8 Å². The molecule has 1 N–H and O–H groups in total. The third kappa shape index (κ3) is 2.25. The summed E-state index contributed by atoms with van der Waals surface area (Å²) in [5.74, 6) is 0. The van der Waals surface area contributed by atoms with Gasteiger partial charge in [0.15, 0.2) is 0 Å². The van der Waals surface area contributed by atoms with Gasteiger partial charge in [-0.2, -0.15) is 0 Å². The number of thiazole rings is 1. The Hall–Kier alpha value is -1.19. The Morgan fingerprint density at radius 2 is 2.00 bits per heavy atom. The normalized spacial score (nSPS) is 12.7. The van der Waals surface area contributed by atoms with Crippen LogP contribution in [0.3, 0.4) is 0 Å². The molecule has 1 heterocycles. The second-order valence-corrected chi connectivity index (χ2v) is 4.45. The predicted molar refractivity (Wildman–Crippen MR) is 64.2 cm³/mol. The summed E-state index contributed by atoms with van der Waals surface area (Å²) < 4.78 is 0. The van der Waals surface area contributed by atoms with Gasteiger partial charge in [0.05, 0.1) is 11.6 Å². The van der Waals surface area contributed by atoms with Crippen LogP contribution in [0.15, 0.2) is 36.0 Å². The van der Waals surface area contributed by atoms with Crippen LogP contribution in [0.5, 0.6) is 0 Å². The molecule has 1 atom stereocenters. The van der Waals surface area contributed by atoms with Gasteiger partial charge in [0.1, 0.15) is 0 Å². The lowest BCUT2D eigenvalue weighted by atomic mass is 10.0. The first-order valence-electron chi connectivity index (χ1n) is 4.93. The molecule has 78 valence electrons. The Labute approximate surface area is 94.0 Å². The van der Waals surface area contributed by atoms with Crippen molar-refractivity contribution >= 4 is 11.3 Å². The molecule has 1 aromatic carbocycles. The second-order valence-electron chi connectivity index (χ2n) is 3.54. The molecule has 0 aliphatic heterocycles. The molecule has 2 nitrogen and oxygen atoms in total. The largest absolute Gasteiger partial charge is 0.309 e. The maximum atomic E-state index is 4.11. The molecule has 2 rings (SSSR count). The van der Waals surface area contributed by atoms with E-state index in [2.05, 4.69) is 41.5 Å². The third-order valence-electron chi connectivity index (χ3n) is 2.44. The minimum Gasteiger partial charge on any atom is -0.309 e. The lowest BCUT2D eigenvalue weighted by molar-refractivity contribution is 0.702. The van der Waals surface area contributed by atoms with E-state index < -0.39 is 0 Å². The van der Waals surface area contributed by atoms with Gasteiger partial charge < -0.3 is 5.32 Å². The highest BCUT2D eigenvalue weighted by Crippen LogP contribution is 2.24. The molecule has 0 bridgehead atoms. The summed E-state index contributed by atoms with van der Waals surface area (Å²) in [6.07, 6.45) is 1.92. The average Bonchev–Trinajstić information content (AvgIpc) is 2.75. The summed E-state index contributed by atoms with van der Waals surface area (Å²) in [5, 5.41) is 3.31. The molecule has 1 aromatic heterocycles. The number of hydrogen-bond donors (Lipinski definition) is 1. The number of aryl methyl sites for hydroxylation is 1. The zero-order chi connectivity index (χ0) is 10.7. The van der Waals surface area contributed by atoms with Gasteiger partial charge in [0, 0.05) is 11.1 Å². The Kier molecular flexibility index (Phi) is 3.14. The van der Waals surface area contributed by atoms with Crippen LogP contribution < -0.4 is 5.32 Å². The summed E-state index contributed by atoms with van der Waals surface area (Å²) in [6, 6.07) is 8.87. The molecule has 0 radical (unpaired) electrons. The number of aromatic nitrogens is 1. The molecule has 0 aliphatic carbocycles. The van der Waals surface area contributed by atoms with Gasteiger partial charge >= 0.3 is 0 Å². The van der Waals surface area contributed by atoms with Gasteiger partial charge in [0.2, 0.25) is 0 Å². The van der Waals surface area contributed by atoms with Gasteiger partial charge in [-0.3, -0.25) is 4.98 Å². The maximum absolute atomic E-state index is 4.11. The van der Waals surface area contributed by atoms with Crippen LogP contribution in [0.1, 0.15) is 22.0 Å². The van der Waals surface area contributed by atoms with Gasteiger partial charge in [-0.25, -0.2) is 0 Å². The van der Waals surface area contributed by atoms with E-state index in [1.165, 1.54) is 16.0 Å². The van der Waals surface area contributed by atoms with Crippen LogP contribution in [0, 0.1) is 6.92 Å². The molecule has 0 spiro atoms. The zero-order valence-corrected chi connectivity index (χ0v) is 9.71. The fourth-order valence-electron chi connectivity index (χ4n) is 1.60. The van der Waals surface area contributed by atoms with Crippen molar-refractivity contribution in [3.05, 3.63) is 52.0 Å². The number of benzene rings is 1. The molecule has 0 saturated carbocycles. The number of nitrogens with one attached hydrogen (secondary N) is 1. The Balaban J connectivity index is 2.31. The van der Waals surface area contributed by atoms with E-state index in [4.69, 9.17) is 0 Å². The van der Waals surface area contributed by atoms with Crippen molar-refractivity contribution in [2.75, 3.05) is 7.05 Å². The van der Waals surface area contributed by atoms with Gasteiger partial charge in [0.25, 0.3) is 0 Å². The first-order valence-corrected chi connectivity index (χ1v) is 5.81. The highest BCUT2D eigenvalue weighted by atomic mass is 32.1. The number of rotatable bonds is 3. The molecule has 2 aromatic rings. The van der Waals surface area contributed by atoms with Gasteiger partial charge in [-0.15, -0.1) is 11.3 Å². The van der Waals surface area contributed by atoms with Crippen molar-refractivity contribution in [2.45, 2.75) is 13.0 Å². The van der Waals surface area contributed by atoms with Crippen molar-refractivity contribution in [1.29, 1.82) is 0 Å². The SMILES string of the molecule is CNC(c1ccc(C)cc1)c1cncs1. The highest BCUT2D eigenvalue weighted by Gasteiger charge is 2.12. The topological polar surface area (TPSA) is 24.9 Å². The van der Waals surface area contributed by atoms with Crippen LogP contribution in [-0.4, -0.2) is 12.0 Å². The van der Waals surface area contributed by atoms with E-state index in [0.717, 1.165) is 0 Å². The molecular formula is C12H14N2S. The maximum Gasteiger partial charge on any atom is 0.0794 e. The van der Waals surface area contributed by atoms with E-state index in [0.29, 0.717) is 0 Å². The average molecular weight is 218 g/mol. The molecule has 0 amide bonds. The number of hydrogen-bond acceptors (Lipinski definition) is 3. The van der Waals surface area contributed by atoms with Crippen molar-refractivity contribution in [1.82, 2.24) is 10.3 Å². The Morgan fingerprint density at radius 3 is 2.53 bits per heavy atom. The molecule has 15 heavy (non-hydrogen) atoms. The van der Waals surface area contributed by atoms with Crippen molar-refractivity contribution in [3.63, 3.8) is 0 Å². The minimum absolute atomic E-state index is 0.262. The molecular weight excluding hydrogens is 204 g/mol. The Bertz CT molecular complexity index is 406. The molecule has 0 saturated heterocycles. The van der Waals surface area contributed by atoms with E-state index >= 15 is 0 Å². The monoisotopic (exact) mass is 218 g/mol. The van der Waals surface area contributed by atoms with E-state index in [1.54, 1.807) is 11.3 Å². The molecule has 0 fully saturated rings. The summed E-state index contributed by atoms with van der Waals surface area (Å²) in [4.78, 5) is 5.36. The standard InChI is InChI=1S/C12H14N2S/c1-9-3-5-10(6-4-9)12(13-2)11-7-14-8-15-11/h3-8,12-13H,1-2H3. The summed E-state index contributed by atoms with van der Waals surface area (Å²) >= 11 is 1.68. The van der Waals surface area contributed by atoms with E-state index in [1.807, 2.05) is 18.8 Å². The molecule has 3 heteroatoms. The van der Waals surface area contributed by atoms with E-state index in [-0.39, 0.29) is 6.04 Å². The summed E-state index contributed by atoms with van der Waals surface area (Å²) in [5.41, 5.74) is 4.44. The van der Waals surface area contributed by atoms with Crippen LogP contribution in [0.4, 0.5) is 0 Å². The number of nitrogens with zero attached hydrogens (tertiary/aromatic N) is 1. The van der Waals surface area contributed by atoms with Crippen molar-refractivity contribution in [3.8, 4) is 0 Å². The first-order chi connectivity index (χ1) is 7.31. The van der Waals surface area contributed by atoms with Crippen molar-refractivity contribution < 1.29 is 0 Å². The Morgan fingerprint density at radius 1 is 1.27 bits per heavy atom. The van der Waals surface area contributed by atoms with Crippen LogP contribution in [0.2, 0.25) is 0 Å². The van der Waals surface area contributed by atoms with Crippen LogP contribution in [0.25, 0.3) is 0 Å². The van der Waals surface area contributed by atoms with E-state index in [9.17, 15) is 0 Å². The predicted octanol–water partition coefficient (Wildman–Crippen LogP) is 2.76. The molecule has 1 unspecified atom stereocenters.